The maximum absolute atomic E-state index is 5.71. The van der Waals surface area contributed by atoms with Gasteiger partial charge in [-0.15, -0.1) is 0 Å². The van der Waals surface area contributed by atoms with Crippen molar-refractivity contribution in [2.75, 3.05) is 13.2 Å². The van der Waals surface area contributed by atoms with Crippen LogP contribution in [0.2, 0.25) is 0 Å². The highest BCUT2D eigenvalue weighted by molar-refractivity contribution is 4.51. The normalized spacial score (nSPS) is 13.1. The van der Waals surface area contributed by atoms with Crippen molar-refractivity contribution in [3.05, 3.63) is 0 Å². The van der Waals surface area contributed by atoms with Gasteiger partial charge in [0.05, 0.1) is 0 Å². The lowest BCUT2D eigenvalue weighted by Crippen LogP contribution is -2.27. The fraction of sp³-hybridized carbons (Fsp3) is 1.00. The van der Waals surface area contributed by atoms with Crippen molar-refractivity contribution in [1.29, 1.82) is 0 Å². The minimum Gasteiger partial charge on any atom is -0.364 e. The van der Waals surface area contributed by atoms with E-state index in [0.717, 1.165) is 25.4 Å². The van der Waals surface area contributed by atoms with Gasteiger partial charge in [-0.05, 0) is 25.3 Å². The lowest BCUT2D eigenvalue weighted by Gasteiger charge is -2.11. The van der Waals surface area contributed by atoms with Crippen LogP contribution in [-0.4, -0.2) is 19.4 Å². The Morgan fingerprint density at radius 2 is 1.32 bits per heavy atom. The van der Waals surface area contributed by atoms with Gasteiger partial charge in [0.2, 0.25) is 0 Å². The van der Waals surface area contributed by atoms with E-state index in [-0.39, 0.29) is 6.23 Å². The summed E-state index contributed by atoms with van der Waals surface area (Å²) in [5.74, 6) is 0.866. The van der Waals surface area contributed by atoms with Crippen molar-refractivity contribution in [1.82, 2.24) is 0 Å². The Morgan fingerprint density at radius 1 is 0.789 bits per heavy atom. The average molecular weight is 272 g/mol. The zero-order chi connectivity index (χ0) is 14.3. The van der Waals surface area contributed by atoms with Crippen molar-refractivity contribution in [3.8, 4) is 0 Å². The first-order valence-electron chi connectivity index (χ1n) is 8.24. The Balaban J connectivity index is 3.03. The van der Waals surface area contributed by atoms with E-state index >= 15 is 0 Å². The molecule has 0 spiro atoms. The molecule has 0 aliphatic carbocycles. The van der Waals surface area contributed by atoms with Crippen LogP contribution in [0.5, 0.6) is 0 Å². The van der Waals surface area contributed by atoms with Crippen LogP contribution >= 0.6 is 0 Å². The van der Waals surface area contributed by atoms with Crippen LogP contribution in [0.4, 0.5) is 0 Å². The van der Waals surface area contributed by atoms with Gasteiger partial charge >= 0.3 is 0 Å². The summed E-state index contributed by atoms with van der Waals surface area (Å²) in [6.07, 6.45) is 12.7. The van der Waals surface area contributed by atoms with Gasteiger partial charge in [-0.1, -0.05) is 65.2 Å². The number of hydrogen-bond donors (Lipinski definition) is 2. The molecule has 0 saturated heterocycles. The molecule has 116 valence electrons. The van der Waals surface area contributed by atoms with Crippen molar-refractivity contribution in [3.63, 3.8) is 0 Å². The highest BCUT2D eigenvalue weighted by atomic mass is 16.5. The summed E-state index contributed by atoms with van der Waals surface area (Å²) >= 11 is 0. The quantitative estimate of drug-likeness (QED) is 0.373. The SMILES string of the molecule is CC(C)CCCCCCCCCCOC(N)CCN. The molecule has 0 aliphatic rings. The third-order valence-corrected chi connectivity index (χ3v) is 3.46. The molecule has 1 unspecified atom stereocenters. The van der Waals surface area contributed by atoms with Crippen LogP contribution in [0.15, 0.2) is 0 Å². The molecule has 0 heterocycles. The van der Waals surface area contributed by atoms with Crippen molar-refractivity contribution in [2.45, 2.75) is 84.3 Å². The number of unbranched alkanes of at least 4 members (excludes halogenated alkanes) is 7. The molecule has 19 heavy (non-hydrogen) atoms. The second-order valence-corrected chi connectivity index (χ2v) is 6.00. The molecule has 0 rings (SSSR count). The van der Waals surface area contributed by atoms with Crippen molar-refractivity contribution < 1.29 is 4.74 Å². The van der Waals surface area contributed by atoms with Crippen LogP contribution in [0.1, 0.15) is 78.1 Å². The van der Waals surface area contributed by atoms with Crippen molar-refractivity contribution in [2.24, 2.45) is 17.4 Å². The van der Waals surface area contributed by atoms with Gasteiger partial charge in [0.1, 0.15) is 6.23 Å². The standard InChI is InChI=1S/C16H36N2O/c1-15(2)11-9-7-5-3-4-6-8-10-14-19-16(18)12-13-17/h15-16H,3-14,17-18H2,1-2H3. The predicted octanol–water partition coefficient (Wildman–Crippen LogP) is 3.80. The van der Waals surface area contributed by atoms with E-state index in [1.165, 1.54) is 51.4 Å². The largest absolute Gasteiger partial charge is 0.364 e. The molecular formula is C16H36N2O. The van der Waals surface area contributed by atoms with Crippen LogP contribution in [-0.2, 0) is 4.74 Å². The second-order valence-electron chi connectivity index (χ2n) is 6.00. The Morgan fingerprint density at radius 3 is 1.84 bits per heavy atom. The number of rotatable bonds is 14. The van der Waals surface area contributed by atoms with Crippen LogP contribution in [0.25, 0.3) is 0 Å². The predicted molar refractivity (Wildman–Crippen MR) is 84.0 cm³/mol. The van der Waals surface area contributed by atoms with E-state index in [2.05, 4.69) is 13.8 Å². The first-order chi connectivity index (χ1) is 9.16. The van der Waals surface area contributed by atoms with Gasteiger partial charge in [-0.2, -0.15) is 0 Å². The van der Waals surface area contributed by atoms with Gasteiger partial charge in [-0.25, -0.2) is 0 Å². The van der Waals surface area contributed by atoms with Crippen LogP contribution < -0.4 is 11.5 Å². The summed E-state index contributed by atoms with van der Waals surface area (Å²) in [6, 6.07) is 0. The molecule has 0 saturated carbocycles. The van der Waals surface area contributed by atoms with Gasteiger partial charge in [-0.3, -0.25) is 0 Å². The van der Waals surface area contributed by atoms with E-state index in [9.17, 15) is 0 Å². The molecule has 4 N–H and O–H groups in total. The molecule has 0 bridgehead atoms. The fourth-order valence-electron chi connectivity index (χ4n) is 2.20. The smallest absolute Gasteiger partial charge is 0.106 e. The first kappa shape index (κ1) is 18.9. The van der Waals surface area contributed by atoms with E-state index in [0.29, 0.717) is 6.54 Å². The van der Waals surface area contributed by atoms with Crippen LogP contribution in [0, 0.1) is 5.92 Å². The van der Waals surface area contributed by atoms with E-state index < -0.39 is 0 Å². The maximum Gasteiger partial charge on any atom is 0.106 e. The minimum atomic E-state index is -0.161. The molecule has 0 aromatic carbocycles. The van der Waals surface area contributed by atoms with Gasteiger partial charge < -0.3 is 16.2 Å². The fourth-order valence-corrected chi connectivity index (χ4v) is 2.20. The van der Waals surface area contributed by atoms with E-state index in [1.807, 2.05) is 0 Å². The van der Waals surface area contributed by atoms with Gasteiger partial charge in [0.15, 0.2) is 0 Å². The van der Waals surface area contributed by atoms with E-state index in [4.69, 9.17) is 16.2 Å². The number of ether oxygens (including phenoxy) is 1. The molecule has 0 amide bonds. The van der Waals surface area contributed by atoms with Crippen molar-refractivity contribution >= 4 is 0 Å². The molecular weight excluding hydrogens is 236 g/mol. The van der Waals surface area contributed by atoms with Gasteiger partial charge in [0.25, 0.3) is 0 Å². The molecule has 0 aromatic heterocycles. The van der Waals surface area contributed by atoms with E-state index in [1.54, 1.807) is 0 Å². The summed E-state index contributed by atoms with van der Waals surface area (Å²) in [5.41, 5.74) is 11.1. The Kier molecular flexibility index (Phi) is 14.2. The maximum atomic E-state index is 5.71. The molecule has 0 radical (unpaired) electrons. The average Bonchev–Trinajstić information content (AvgIpc) is 2.36. The molecule has 3 heteroatoms. The topological polar surface area (TPSA) is 61.3 Å². The molecule has 0 fully saturated rings. The minimum absolute atomic E-state index is 0.161. The second kappa shape index (κ2) is 14.3. The zero-order valence-electron chi connectivity index (χ0n) is 13.2. The first-order valence-corrected chi connectivity index (χ1v) is 8.24. The summed E-state index contributed by atoms with van der Waals surface area (Å²) in [4.78, 5) is 0. The Labute approximate surface area is 120 Å². The van der Waals surface area contributed by atoms with Gasteiger partial charge in [0, 0.05) is 6.61 Å². The Bertz CT molecular complexity index is 174. The Hall–Kier alpha value is -0.120. The highest BCUT2D eigenvalue weighted by Gasteiger charge is 2.00. The summed E-state index contributed by atoms with van der Waals surface area (Å²) < 4.78 is 5.46. The number of nitrogens with two attached hydrogens (primary N) is 2. The zero-order valence-corrected chi connectivity index (χ0v) is 13.2. The summed E-state index contributed by atoms with van der Waals surface area (Å²) in [7, 11) is 0. The molecule has 0 aliphatic heterocycles. The number of hydrogen-bond acceptors (Lipinski definition) is 3. The summed E-state index contributed by atoms with van der Waals surface area (Å²) in [6.45, 7) is 6.01. The lowest BCUT2D eigenvalue weighted by molar-refractivity contribution is 0.0509. The third kappa shape index (κ3) is 15.8. The third-order valence-electron chi connectivity index (χ3n) is 3.46. The summed E-state index contributed by atoms with van der Waals surface area (Å²) in [5, 5.41) is 0. The molecule has 3 nitrogen and oxygen atoms in total. The highest BCUT2D eigenvalue weighted by Crippen LogP contribution is 2.12. The molecule has 1 atom stereocenters. The van der Waals surface area contributed by atoms with Crippen LogP contribution in [0.3, 0.4) is 0 Å². The molecule has 0 aromatic rings. The lowest BCUT2D eigenvalue weighted by atomic mass is 10.0. The monoisotopic (exact) mass is 272 g/mol.